The zero-order chi connectivity index (χ0) is 7.40. The topological polar surface area (TPSA) is 54.7 Å². The Bertz CT molecular complexity index is 200. The Kier molecular flexibility index (Phi) is 8.81. The fourth-order valence-electron chi connectivity index (χ4n) is 0.891. The highest BCUT2D eigenvalue weighted by atomic mass is 35.5. The third-order valence-electron chi connectivity index (χ3n) is 1.41. The minimum atomic E-state index is 0. The summed E-state index contributed by atoms with van der Waals surface area (Å²) in [6.07, 6.45) is 3.91. The van der Waals surface area contributed by atoms with E-state index in [1.165, 1.54) is 5.69 Å². The molecule has 3 nitrogen and oxygen atoms in total. The lowest BCUT2D eigenvalue weighted by Gasteiger charge is -1.91. The molecule has 1 rings (SSSR count). The van der Waals surface area contributed by atoms with Crippen molar-refractivity contribution in [1.82, 2.24) is 9.97 Å². The van der Waals surface area contributed by atoms with Crippen LogP contribution < -0.4 is 5.73 Å². The molecule has 1 aromatic rings. The molecule has 72 valence electrons. The summed E-state index contributed by atoms with van der Waals surface area (Å²) in [7, 11) is 0. The Labute approximate surface area is 85.0 Å². The van der Waals surface area contributed by atoms with E-state index in [4.69, 9.17) is 5.73 Å². The maximum absolute atomic E-state index is 5.35. The number of aromatic amines is 1. The summed E-state index contributed by atoms with van der Waals surface area (Å²) in [6, 6.07) is 0. The van der Waals surface area contributed by atoms with E-state index in [1.54, 1.807) is 0 Å². The maximum Gasteiger partial charge on any atom is 0.103 e. The van der Waals surface area contributed by atoms with Gasteiger partial charge in [0.2, 0.25) is 0 Å². The van der Waals surface area contributed by atoms with Crippen molar-refractivity contribution < 1.29 is 0 Å². The SMILES string of the molecule is Cc1ncc(CCCN)[nH]1.Cl.Cl. The first-order chi connectivity index (χ1) is 4.83. The monoisotopic (exact) mass is 211 g/mol. The lowest BCUT2D eigenvalue weighted by molar-refractivity contribution is 0.814. The van der Waals surface area contributed by atoms with Gasteiger partial charge in [-0.05, 0) is 26.3 Å². The molecule has 3 N–H and O–H groups in total. The Morgan fingerprint density at radius 1 is 1.50 bits per heavy atom. The third-order valence-corrected chi connectivity index (χ3v) is 1.41. The van der Waals surface area contributed by atoms with E-state index in [0.717, 1.165) is 25.2 Å². The molecule has 0 radical (unpaired) electrons. The van der Waals surface area contributed by atoms with E-state index < -0.39 is 0 Å². The summed E-state index contributed by atoms with van der Waals surface area (Å²) in [4.78, 5) is 7.22. The average Bonchev–Trinajstić information content (AvgIpc) is 2.31. The molecule has 0 saturated heterocycles. The Morgan fingerprint density at radius 3 is 2.58 bits per heavy atom. The van der Waals surface area contributed by atoms with Gasteiger partial charge in [0, 0.05) is 11.9 Å². The molecule has 0 aromatic carbocycles. The maximum atomic E-state index is 5.35. The standard InChI is InChI=1S/C7H13N3.2ClH/c1-6-9-5-7(10-6)3-2-4-8;;/h5H,2-4,8H2,1H3,(H,9,10);2*1H. The first kappa shape index (κ1) is 14.3. The van der Waals surface area contributed by atoms with Crippen LogP contribution in [0.4, 0.5) is 0 Å². The predicted molar refractivity (Wildman–Crippen MR) is 55.2 cm³/mol. The summed E-state index contributed by atoms with van der Waals surface area (Å²) in [6.45, 7) is 2.70. The lowest BCUT2D eigenvalue weighted by atomic mass is 10.2. The van der Waals surface area contributed by atoms with Gasteiger partial charge in [-0.3, -0.25) is 0 Å². The highest BCUT2D eigenvalue weighted by Gasteiger charge is 1.93. The van der Waals surface area contributed by atoms with Crippen LogP contribution in [0, 0.1) is 6.92 Å². The van der Waals surface area contributed by atoms with Crippen molar-refractivity contribution in [2.24, 2.45) is 5.73 Å². The van der Waals surface area contributed by atoms with Gasteiger partial charge >= 0.3 is 0 Å². The van der Waals surface area contributed by atoms with E-state index in [9.17, 15) is 0 Å². The molecular formula is C7H15Cl2N3. The number of imidazole rings is 1. The van der Waals surface area contributed by atoms with Crippen molar-refractivity contribution in [3.05, 3.63) is 17.7 Å². The molecule has 0 amide bonds. The Morgan fingerprint density at radius 2 is 2.17 bits per heavy atom. The van der Waals surface area contributed by atoms with Crippen molar-refractivity contribution in [1.29, 1.82) is 0 Å². The van der Waals surface area contributed by atoms with Crippen LogP contribution in [0.15, 0.2) is 6.20 Å². The molecule has 0 atom stereocenters. The van der Waals surface area contributed by atoms with Crippen molar-refractivity contribution in [3.63, 3.8) is 0 Å². The van der Waals surface area contributed by atoms with Gasteiger partial charge in [-0.2, -0.15) is 0 Å². The van der Waals surface area contributed by atoms with Gasteiger partial charge in [-0.15, -0.1) is 24.8 Å². The zero-order valence-electron chi connectivity index (χ0n) is 7.04. The number of hydrogen-bond donors (Lipinski definition) is 2. The minimum Gasteiger partial charge on any atom is -0.346 e. The molecule has 0 aliphatic rings. The van der Waals surface area contributed by atoms with Gasteiger partial charge in [0.25, 0.3) is 0 Å². The summed E-state index contributed by atoms with van der Waals surface area (Å²) < 4.78 is 0. The van der Waals surface area contributed by atoms with Gasteiger partial charge in [-0.1, -0.05) is 0 Å². The molecule has 0 saturated carbocycles. The van der Waals surface area contributed by atoms with Crippen molar-refractivity contribution in [3.8, 4) is 0 Å². The van der Waals surface area contributed by atoms with Crippen LogP contribution >= 0.6 is 24.8 Å². The van der Waals surface area contributed by atoms with Crippen LogP contribution in [0.5, 0.6) is 0 Å². The third kappa shape index (κ3) is 4.59. The van der Waals surface area contributed by atoms with Gasteiger partial charge in [-0.25, -0.2) is 4.98 Å². The summed E-state index contributed by atoms with van der Waals surface area (Å²) >= 11 is 0. The molecule has 0 unspecified atom stereocenters. The zero-order valence-corrected chi connectivity index (χ0v) is 8.67. The number of H-pyrrole nitrogens is 1. The minimum absolute atomic E-state index is 0. The predicted octanol–water partition coefficient (Wildman–Crippen LogP) is 1.45. The first-order valence-corrected chi connectivity index (χ1v) is 3.53. The molecule has 0 bridgehead atoms. The number of hydrogen-bond acceptors (Lipinski definition) is 2. The molecule has 0 spiro atoms. The lowest BCUT2D eigenvalue weighted by Crippen LogP contribution is -2.00. The number of rotatable bonds is 3. The molecule has 0 fully saturated rings. The Balaban J connectivity index is 0. The molecule has 0 aliphatic heterocycles. The molecule has 12 heavy (non-hydrogen) atoms. The molecule has 1 aromatic heterocycles. The van der Waals surface area contributed by atoms with Crippen LogP contribution in [0.2, 0.25) is 0 Å². The van der Waals surface area contributed by atoms with E-state index in [2.05, 4.69) is 9.97 Å². The van der Waals surface area contributed by atoms with Crippen LogP contribution in [-0.4, -0.2) is 16.5 Å². The second kappa shape index (κ2) is 7.40. The van der Waals surface area contributed by atoms with Crippen LogP contribution in [-0.2, 0) is 6.42 Å². The van der Waals surface area contributed by atoms with Gasteiger partial charge < -0.3 is 10.7 Å². The van der Waals surface area contributed by atoms with E-state index in [0.29, 0.717) is 0 Å². The van der Waals surface area contributed by atoms with E-state index in [-0.39, 0.29) is 24.8 Å². The number of halogens is 2. The van der Waals surface area contributed by atoms with Gasteiger partial charge in [0.1, 0.15) is 5.82 Å². The number of nitrogens with two attached hydrogens (primary N) is 1. The first-order valence-electron chi connectivity index (χ1n) is 3.53. The van der Waals surface area contributed by atoms with Crippen molar-refractivity contribution in [2.45, 2.75) is 19.8 Å². The molecule has 1 heterocycles. The van der Waals surface area contributed by atoms with Crippen molar-refractivity contribution in [2.75, 3.05) is 6.54 Å². The van der Waals surface area contributed by atoms with E-state index in [1.807, 2.05) is 13.1 Å². The fraction of sp³-hybridized carbons (Fsp3) is 0.571. The van der Waals surface area contributed by atoms with Crippen LogP contribution in [0.3, 0.4) is 0 Å². The molecular weight excluding hydrogens is 197 g/mol. The normalized spacial score (nSPS) is 8.50. The summed E-state index contributed by atoms with van der Waals surface area (Å²) in [5.41, 5.74) is 6.53. The van der Waals surface area contributed by atoms with Gasteiger partial charge in [0.05, 0.1) is 0 Å². The highest BCUT2D eigenvalue weighted by Crippen LogP contribution is 1.98. The summed E-state index contributed by atoms with van der Waals surface area (Å²) in [5.74, 6) is 0.979. The quantitative estimate of drug-likeness (QED) is 0.796. The smallest absolute Gasteiger partial charge is 0.103 e. The largest absolute Gasteiger partial charge is 0.346 e. The van der Waals surface area contributed by atoms with Gasteiger partial charge in [0.15, 0.2) is 0 Å². The highest BCUT2D eigenvalue weighted by molar-refractivity contribution is 5.85. The van der Waals surface area contributed by atoms with Crippen LogP contribution in [0.1, 0.15) is 17.9 Å². The molecule has 0 aliphatic carbocycles. The summed E-state index contributed by atoms with van der Waals surface area (Å²) in [5, 5.41) is 0. The number of nitrogens with zero attached hydrogens (tertiary/aromatic N) is 1. The fourth-order valence-corrected chi connectivity index (χ4v) is 0.891. The Hall–Kier alpha value is -0.250. The average molecular weight is 212 g/mol. The number of aryl methyl sites for hydroxylation is 2. The van der Waals surface area contributed by atoms with Crippen molar-refractivity contribution >= 4 is 24.8 Å². The van der Waals surface area contributed by atoms with E-state index >= 15 is 0 Å². The molecule has 5 heteroatoms. The number of nitrogens with one attached hydrogen (secondary N) is 1. The second-order valence-electron chi connectivity index (χ2n) is 2.39. The second-order valence-corrected chi connectivity index (χ2v) is 2.39. The number of aromatic nitrogens is 2. The van der Waals surface area contributed by atoms with Crippen LogP contribution in [0.25, 0.3) is 0 Å².